The molecule has 0 radical (unpaired) electrons. The number of nitrogens with one attached hydrogen (secondary N) is 1. The standard InChI is InChI=1S/C26H27BrN2O4/c27-17-10-8-16(9-11-17)24(31)29-21-6-2-1-4-19(21)23(20-5-3-7-22(20)29)26(14-15-30,25(32)33)28-18-12-13-18/h1-2,4,6,8-11,15,18,20,22-23,28H,3,5,7,12-14H2,(H,32,33). The van der Waals surface area contributed by atoms with E-state index in [-0.39, 0.29) is 30.3 Å². The minimum Gasteiger partial charge on any atom is -0.480 e. The van der Waals surface area contributed by atoms with E-state index in [0.29, 0.717) is 5.56 Å². The Labute approximate surface area is 201 Å². The summed E-state index contributed by atoms with van der Waals surface area (Å²) in [7, 11) is 0. The molecule has 4 atom stereocenters. The van der Waals surface area contributed by atoms with Crippen LogP contribution >= 0.6 is 15.9 Å². The third-order valence-electron chi connectivity index (χ3n) is 7.49. The summed E-state index contributed by atoms with van der Waals surface area (Å²) in [4.78, 5) is 40.3. The Bertz CT molecular complexity index is 1080. The molecule has 1 amide bonds. The van der Waals surface area contributed by atoms with E-state index < -0.39 is 17.4 Å². The number of amides is 1. The van der Waals surface area contributed by atoms with Crippen LogP contribution < -0.4 is 10.2 Å². The zero-order valence-electron chi connectivity index (χ0n) is 18.2. The number of benzene rings is 2. The van der Waals surface area contributed by atoms with Gasteiger partial charge in [0, 0.05) is 40.1 Å². The van der Waals surface area contributed by atoms with Crippen molar-refractivity contribution in [1.29, 1.82) is 0 Å². The zero-order chi connectivity index (χ0) is 23.2. The number of hydrogen-bond donors (Lipinski definition) is 2. The van der Waals surface area contributed by atoms with Crippen LogP contribution in [0.5, 0.6) is 0 Å². The maximum Gasteiger partial charge on any atom is 0.325 e. The molecule has 0 spiro atoms. The van der Waals surface area contributed by atoms with Crippen molar-refractivity contribution in [2.45, 2.75) is 62.1 Å². The molecule has 1 heterocycles. The monoisotopic (exact) mass is 510 g/mol. The van der Waals surface area contributed by atoms with Crippen molar-refractivity contribution >= 4 is 39.8 Å². The van der Waals surface area contributed by atoms with Gasteiger partial charge in [-0.05, 0) is 67.5 Å². The number of anilines is 1. The van der Waals surface area contributed by atoms with E-state index in [9.17, 15) is 19.5 Å². The molecule has 2 fully saturated rings. The molecule has 7 heteroatoms. The summed E-state index contributed by atoms with van der Waals surface area (Å²) < 4.78 is 0.906. The van der Waals surface area contributed by atoms with Crippen molar-refractivity contribution < 1.29 is 19.5 Å². The van der Waals surface area contributed by atoms with Gasteiger partial charge in [0.1, 0.15) is 11.8 Å². The summed E-state index contributed by atoms with van der Waals surface area (Å²) >= 11 is 3.43. The van der Waals surface area contributed by atoms with Crippen molar-refractivity contribution in [2.24, 2.45) is 5.92 Å². The van der Waals surface area contributed by atoms with Gasteiger partial charge in [-0.25, -0.2) is 0 Å². The van der Waals surface area contributed by atoms with Gasteiger partial charge in [0.2, 0.25) is 0 Å². The Morgan fingerprint density at radius 2 is 1.82 bits per heavy atom. The van der Waals surface area contributed by atoms with E-state index in [1.165, 1.54) is 0 Å². The van der Waals surface area contributed by atoms with Gasteiger partial charge in [-0.3, -0.25) is 14.9 Å². The molecule has 0 bridgehead atoms. The highest BCUT2D eigenvalue weighted by atomic mass is 79.9. The number of hydrogen-bond acceptors (Lipinski definition) is 4. The van der Waals surface area contributed by atoms with E-state index in [1.807, 2.05) is 53.4 Å². The Balaban J connectivity index is 1.65. The van der Waals surface area contributed by atoms with Crippen molar-refractivity contribution in [1.82, 2.24) is 5.32 Å². The highest BCUT2D eigenvalue weighted by Crippen LogP contribution is 2.54. The van der Waals surface area contributed by atoms with Crippen LogP contribution in [0.4, 0.5) is 5.69 Å². The number of rotatable bonds is 7. The van der Waals surface area contributed by atoms with Gasteiger partial charge in [0.15, 0.2) is 0 Å². The Morgan fingerprint density at radius 1 is 1.09 bits per heavy atom. The summed E-state index contributed by atoms with van der Waals surface area (Å²) in [6.07, 6.45) is 5.04. The summed E-state index contributed by atoms with van der Waals surface area (Å²) in [5.74, 6) is -1.49. The van der Waals surface area contributed by atoms with E-state index in [0.717, 1.165) is 54.1 Å². The minimum absolute atomic E-state index is 0.0402. The first-order valence-electron chi connectivity index (χ1n) is 11.6. The van der Waals surface area contributed by atoms with Crippen molar-refractivity contribution in [3.05, 3.63) is 64.1 Å². The third-order valence-corrected chi connectivity index (χ3v) is 8.02. The van der Waals surface area contributed by atoms with Crippen LogP contribution in [0.25, 0.3) is 0 Å². The van der Waals surface area contributed by atoms with Crippen LogP contribution in [0.15, 0.2) is 53.0 Å². The van der Waals surface area contributed by atoms with E-state index in [1.54, 1.807) is 0 Å². The van der Waals surface area contributed by atoms with Gasteiger partial charge in [-0.2, -0.15) is 0 Å². The molecule has 0 aromatic heterocycles. The van der Waals surface area contributed by atoms with Crippen LogP contribution in [0.1, 0.15) is 60.4 Å². The number of nitrogens with zero attached hydrogens (tertiary/aromatic N) is 1. The summed E-state index contributed by atoms with van der Waals surface area (Å²) in [6, 6.07) is 15.0. The molecule has 1 aliphatic heterocycles. The molecule has 2 aromatic rings. The summed E-state index contributed by atoms with van der Waals surface area (Å²) in [6.45, 7) is 0. The Kier molecular flexibility index (Phi) is 5.87. The van der Waals surface area contributed by atoms with Gasteiger partial charge in [-0.1, -0.05) is 40.5 Å². The molecule has 6 nitrogen and oxygen atoms in total. The lowest BCUT2D eigenvalue weighted by Crippen LogP contribution is -2.62. The smallest absolute Gasteiger partial charge is 0.325 e. The zero-order valence-corrected chi connectivity index (χ0v) is 19.8. The van der Waals surface area contributed by atoms with E-state index in [4.69, 9.17) is 0 Å². The highest BCUT2D eigenvalue weighted by Gasteiger charge is 2.58. The van der Waals surface area contributed by atoms with Gasteiger partial charge < -0.3 is 14.8 Å². The lowest BCUT2D eigenvalue weighted by molar-refractivity contribution is -0.148. The Hall–Kier alpha value is -2.51. The first kappa shape index (κ1) is 22.3. The number of para-hydroxylation sites is 1. The van der Waals surface area contributed by atoms with Crippen LogP contribution in [0, 0.1) is 5.92 Å². The van der Waals surface area contributed by atoms with Gasteiger partial charge in [-0.15, -0.1) is 0 Å². The molecule has 2 saturated carbocycles. The molecular weight excluding hydrogens is 484 g/mol. The maximum atomic E-state index is 13.7. The SMILES string of the molecule is O=CCC(NC1CC1)(C(=O)O)C1c2ccccc2N(C(=O)c2ccc(Br)cc2)C2CCCC21. The number of aldehydes is 1. The Morgan fingerprint density at radius 3 is 2.48 bits per heavy atom. The van der Waals surface area contributed by atoms with Gasteiger partial charge in [0.05, 0.1) is 0 Å². The minimum atomic E-state index is -1.38. The van der Waals surface area contributed by atoms with Crippen LogP contribution in [0.2, 0.25) is 0 Å². The first-order valence-corrected chi connectivity index (χ1v) is 12.4. The second-order valence-electron chi connectivity index (χ2n) is 9.45. The first-order chi connectivity index (χ1) is 16.0. The molecule has 5 rings (SSSR count). The van der Waals surface area contributed by atoms with Gasteiger partial charge in [0.25, 0.3) is 5.91 Å². The molecule has 2 N–H and O–H groups in total. The number of fused-ring (bicyclic) bond motifs is 2. The predicted molar refractivity (Wildman–Crippen MR) is 128 cm³/mol. The third kappa shape index (κ3) is 3.81. The highest BCUT2D eigenvalue weighted by molar-refractivity contribution is 9.10. The fraction of sp³-hybridized carbons (Fsp3) is 0.423. The number of halogens is 1. The predicted octanol–water partition coefficient (Wildman–Crippen LogP) is 4.53. The molecule has 3 aliphatic rings. The second kappa shape index (κ2) is 8.69. The normalized spacial score (nSPS) is 25.6. The fourth-order valence-electron chi connectivity index (χ4n) is 5.96. The van der Waals surface area contributed by atoms with E-state index >= 15 is 0 Å². The average Bonchev–Trinajstić information content (AvgIpc) is 3.50. The van der Waals surface area contributed by atoms with Crippen molar-refractivity contribution in [2.75, 3.05) is 4.90 Å². The van der Waals surface area contributed by atoms with Crippen molar-refractivity contribution in [3.8, 4) is 0 Å². The number of carbonyl (C=O) groups excluding carboxylic acids is 2. The number of carbonyl (C=O) groups is 3. The van der Waals surface area contributed by atoms with Crippen LogP contribution in [0.3, 0.4) is 0 Å². The number of carboxylic acid groups (broad SMARTS) is 1. The van der Waals surface area contributed by atoms with Crippen molar-refractivity contribution in [3.63, 3.8) is 0 Å². The largest absolute Gasteiger partial charge is 0.480 e. The molecule has 2 aromatic carbocycles. The molecule has 172 valence electrons. The van der Waals surface area contributed by atoms with Gasteiger partial charge >= 0.3 is 5.97 Å². The second-order valence-corrected chi connectivity index (χ2v) is 10.4. The van der Waals surface area contributed by atoms with Crippen LogP contribution in [-0.4, -0.2) is 40.9 Å². The topological polar surface area (TPSA) is 86.7 Å². The van der Waals surface area contributed by atoms with E-state index in [2.05, 4.69) is 21.2 Å². The number of aliphatic carboxylic acids is 1. The number of carboxylic acids is 1. The summed E-state index contributed by atoms with van der Waals surface area (Å²) in [5, 5.41) is 13.9. The van der Waals surface area contributed by atoms with Crippen LogP contribution in [-0.2, 0) is 9.59 Å². The quantitative estimate of drug-likeness (QED) is 0.534. The molecule has 4 unspecified atom stereocenters. The lowest BCUT2D eigenvalue weighted by Gasteiger charge is -2.49. The molecule has 2 aliphatic carbocycles. The average molecular weight is 511 g/mol. The molecule has 33 heavy (non-hydrogen) atoms. The molecular formula is C26H27BrN2O4. The molecule has 0 saturated heterocycles. The maximum absolute atomic E-state index is 13.7. The fourth-order valence-corrected chi connectivity index (χ4v) is 6.23. The lowest BCUT2D eigenvalue weighted by atomic mass is 9.65. The summed E-state index contributed by atoms with van der Waals surface area (Å²) in [5.41, 5.74) is 0.820.